The van der Waals surface area contributed by atoms with Gasteiger partial charge in [-0.25, -0.2) is 4.99 Å². The molecule has 0 saturated carbocycles. The molecule has 3 aromatic carbocycles. The Morgan fingerprint density at radius 1 is 0.862 bits per heavy atom. The van der Waals surface area contributed by atoms with E-state index in [4.69, 9.17) is 9.73 Å². The maximum Gasteiger partial charge on any atom is 0.277 e. The quantitative estimate of drug-likeness (QED) is 0.689. The second-order valence-electron chi connectivity index (χ2n) is 7.39. The van der Waals surface area contributed by atoms with Gasteiger partial charge in [-0.2, -0.15) is 0 Å². The molecule has 5 rings (SSSR count). The lowest BCUT2D eigenvalue weighted by atomic mass is 10.1. The lowest BCUT2D eigenvalue weighted by molar-refractivity contribution is -0.112. The van der Waals surface area contributed by atoms with E-state index in [9.17, 15) is 4.79 Å². The number of carbonyl (C=O) groups excluding carboxylic acids is 1. The summed E-state index contributed by atoms with van der Waals surface area (Å²) in [5.41, 5.74) is 3.22. The van der Waals surface area contributed by atoms with Gasteiger partial charge in [-0.3, -0.25) is 9.69 Å². The van der Waals surface area contributed by atoms with Crippen molar-refractivity contribution in [3.63, 3.8) is 0 Å². The molecule has 0 aliphatic carbocycles. The highest BCUT2D eigenvalue weighted by atomic mass is 16.5. The van der Waals surface area contributed by atoms with Crippen LogP contribution in [0, 0.1) is 0 Å². The molecule has 0 aromatic heterocycles. The van der Waals surface area contributed by atoms with E-state index in [1.165, 1.54) is 0 Å². The third-order valence-corrected chi connectivity index (χ3v) is 5.64. The van der Waals surface area contributed by atoms with Crippen LogP contribution in [0.1, 0.15) is 5.56 Å². The number of ether oxygens (including phenoxy) is 1. The molecule has 146 valence electrons. The number of hydrogen-bond acceptors (Lipinski definition) is 4. The van der Waals surface area contributed by atoms with Gasteiger partial charge in [0.05, 0.1) is 24.6 Å². The summed E-state index contributed by atoms with van der Waals surface area (Å²) in [6.45, 7) is 4.85. The van der Waals surface area contributed by atoms with E-state index in [2.05, 4.69) is 23.1 Å². The normalized spacial score (nSPS) is 18.6. The Morgan fingerprint density at radius 2 is 1.62 bits per heavy atom. The van der Waals surface area contributed by atoms with Crippen molar-refractivity contribution in [3.8, 4) is 0 Å². The van der Waals surface area contributed by atoms with Crippen LogP contribution in [0.4, 0.5) is 11.4 Å². The molecular weight excluding hydrogens is 362 g/mol. The van der Waals surface area contributed by atoms with Gasteiger partial charge in [0.1, 0.15) is 5.71 Å². The Morgan fingerprint density at radius 3 is 2.52 bits per heavy atom. The third kappa shape index (κ3) is 3.43. The molecule has 5 nitrogen and oxygen atoms in total. The van der Waals surface area contributed by atoms with Gasteiger partial charge in [0.2, 0.25) is 0 Å². The SMILES string of the molecule is O=C1C(=Nc2cccc3ccccc23)c2ccccc2N1CCN1CCOCC1. The van der Waals surface area contributed by atoms with E-state index in [0.29, 0.717) is 12.3 Å². The van der Waals surface area contributed by atoms with Crippen molar-refractivity contribution in [2.75, 3.05) is 44.3 Å². The molecular formula is C24H23N3O2. The number of morpholine rings is 1. The number of rotatable bonds is 4. The van der Waals surface area contributed by atoms with Crippen LogP contribution in [-0.2, 0) is 9.53 Å². The largest absolute Gasteiger partial charge is 0.379 e. The summed E-state index contributed by atoms with van der Waals surface area (Å²) in [5, 5.41) is 2.18. The fourth-order valence-electron chi connectivity index (χ4n) is 4.08. The maximum atomic E-state index is 13.3. The zero-order valence-corrected chi connectivity index (χ0v) is 16.3. The average Bonchev–Trinajstić information content (AvgIpc) is 3.04. The van der Waals surface area contributed by atoms with E-state index in [1.54, 1.807) is 0 Å². The van der Waals surface area contributed by atoms with Crippen LogP contribution in [0.15, 0.2) is 71.7 Å². The first-order chi connectivity index (χ1) is 14.3. The minimum Gasteiger partial charge on any atom is -0.379 e. The first kappa shape index (κ1) is 18.0. The van der Waals surface area contributed by atoms with Crippen LogP contribution >= 0.6 is 0 Å². The number of aliphatic imine (C=N–C) groups is 1. The van der Waals surface area contributed by atoms with Crippen molar-refractivity contribution >= 4 is 33.8 Å². The number of amides is 1. The standard InChI is InChI=1S/C24H23N3O2/c28-24-23(25-21-10-5-7-18-6-1-2-8-19(18)21)20-9-3-4-11-22(20)27(24)13-12-26-14-16-29-17-15-26/h1-11H,12-17H2. The van der Waals surface area contributed by atoms with Crippen molar-refractivity contribution in [2.24, 2.45) is 4.99 Å². The van der Waals surface area contributed by atoms with Crippen LogP contribution in [0.5, 0.6) is 0 Å². The molecule has 29 heavy (non-hydrogen) atoms. The summed E-state index contributed by atoms with van der Waals surface area (Å²) in [5.74, 6) is -0.0209. The monoisotopic (exact) mass is 385 g/mol. The Hall–Kier alpha value is -3.02. The molecule has 1 amide bonds. The number of hydrogen-bond donors (Lipinski definition) is 0. The van der Waals surface area contributed by atoms with Gasteiger partial charge < -0.3 is 9.64 Å². The van der Waals surface area contributed by atoms with Crippen molar-refractivity contribution in [1.29, 1.82) is 0 Å². The topological polar surface area (TPSA) is 45.1 Å². The van der Waals surface area contributed by atoms with Crippen LogP contribution in [0.3, 0.4) is 0 Å². The molecule has 1 saturated heterocycles. The molecule has 2 heterocycles. The maximum absolute atomic E-state index is 13.3. The van der Waals surface area contributed by atoms with E-state index in [0.717, 1.165) is 60.6 Å². The highest BCUT2D eigenvalue weighted by Crippen LogP contribution is 2.32. The summed E-state index contributed by atoms with van der Waals surface area (Å²) in [6.07, 6.45) is 0. The van der Waals surface area contributed by atoms with Crippen LogP contribution in [-0.4, -0.2) is 55.9 Å². The predicted molar refractivity (Wildman–Crippen MR) is 116 cm³/mol. The summed E-state index contributed by atoms with van der Waals surface area (Å²) in [6, 6.07) is 22.1. The molecule has 3 aromatic rings. The minimum absolute atomic E-state index is 0.0209. The van der Waals surface area contributed by atoms with Gasteiger partial charge in [-0.1, -0.05) is 54.6 Å². The van der Waals surface area contributed by atoms with Crippen molar-refractivity contribution in [1.82, 2.24) is 4.90 Å². The summed E-state index contributed by atoms with van der Waals surface area (Å²) >= 11 is 0. The molecule has 0 radical (unpaired) electrons. The first-order valence-corrected chi connectivity index (χ1v) is 10.1. The highest BCUT2D eigenvalue weighted by molar-refractivity contribution is 6.54. The molecule has 0 bridgehead atoms. The van der Waals surface area contributed by atoms with Crippen LogP contribution < -0.4 is 4.90 Å². The number of para-hydroxylation sites is 1. The lowest BCUT2D eigenvalue weighted by Gasteiger charge is -2.28. The molecule has 2 aliphatic heterocycles. The highest BCUT2D eigenvalue weighted by Gasteiger charge is 2.33. The van der Waals surface area contributed by atoms with Crippen molar-refractivity contribution in [3.05, 3.63) is 72.3 Å². The lowest BCUT2D eigenvalue weighted by Crippen LogP contribution is -2.42. The Labute approximate surface area is 170 Å². The van der Waals surface area contributed by atoms with E-state index in [-0.39, 0.29) is 5.91 Å². The second-order valence-corrected chi connectivity index (χ2v) is 7.39. The van der Waals surface area contributed by atoms with Crippen molar-refractivity contribution < 1.29 is 9.53 Å². The minimum atomic E-state index is -0.0209. The van der Waals surface area contributed by atoms with Crippen LogP contribution in [0.25, 0.3) is 10.8 Å². The van der Waals surface area contributed by atoms with E-state index >= 15 is 0 Å². The number of anilines is 1. The van der Waals surface area contributed by atoms with Gasteiger partial charge in [-0.05, 0) is 17.5 Å². The Bertz CT molecular complexity index is 1080. The smallest absolute Gasteiger partial charge is 0.277 e. The zero-order valence-electron chi connectivity index (χ0n) is 16.3. The third-order valence-electron chi connectivity index (χ3n) is 5.64. The zero-order chi connectivity index (χ0) is 19.6. The molecule has 0 N–H and O–H groups in total. The average molecular weight is 385 g/mol. The molecule has 1 fully saturated rings. The van der Waals surface area contributed by atoms with Gasteiger partial charge in [0.25, 0.3) is 5.91 Å². The Kier molecular flexibility index (Phi) is 4.84. The van der Waals surface area contributed by atoms with Crippen molar-refractivity contribution in [2.45, 2.75) is 0 Å². The van der Waals surface area contributed by atoms with E-state index in [1.807, 2.05) is 53.4 Å². The van der Waals surface area contributed by atoms with E-state index < -0.39 is 0 Å². The fraction of sp³-hybridized carbons (Fsp3) is 0.250. The summed E-state index contributed by atoms with van der Waals surface area (Å²) < 4.78 is 5.43. The number of benzene rings is 3. The second kappa shape index (κ2) is 7.78. The summed E-state index contributed by atoms with van der Waals surface area (Å²) in [7, 11) is 0. The predicted octanol–water partition coefficient (Wildman–Crippen LogP) is 3.64. The van der Waals surface area contributed by atoms with Gasteiger partial charge in [0, 0.05) is 37.1 Å². The molecule has 5 heteroatoms. The molecule has 0 spiro atoms. The van der Waals surface area contributed by atoms with Crippen LogP contribution in [0.2, 0.25) is 0 Å². The Balaban J connectivity index is 1.49. The molecule has 2 aliphatic rings. The number of fused-ring (bicyclic) bond motifs is 2. The number of nitrogens with zero attached hydrogens (tertiary/aromatic N) is 3. The number of carbonyl (C=O) groups is 1. The van der Waals surface area contributed by atoms with Gasteiger partial charge in [0.15, 0.2) is 0 Å². The fourth-order valence-corrected chi connectivity index (χ4v) is 4.08. The molecule has 0 unspecified atom stereocenters. The summed E-state index contributed by atoms with van der Waals surface area (Å²) in [4.78, 5) is 22.4. The first-order valence-electron chi connectivity index (χ1n) is 10.1. The van der Waals surface area contributed by atoms with Gasteiger partial charge in [-0.15, -0.1) is 0 Å². The van der Waals surface area contributed by atoms with Gasteiger partial charge >= 0.3 is 0 Å². The molecule has 0 atom stereocenters.